The summed E-state index contributed by atoms with van der Waals surface area (Å²) in [6, 6.07) is 13.0. The minimum absolute atomic E-state index is 0.564. The Hall–Kier alpha value is -2.34. The molecule has 6 heteroatoms. The van der Waals surface area contributed by atoms with Crippen molar-refractivity contribution in [1.82, 2.24) is 0 Å². The molecule has 0 saturated heterocycles. The lowest BCUT2D eigenvalue weighted by Gasteiger charge is -2.14. The molecule has 2 aromatic rings. The van der Waals surface area contributed by atoms with Crippen LogP contribution in [0.1, 0.15) is 11.1 Å². The largest absolute Gasteiger partial charge is 0.410 e. The number of rotatable bonds is 5. The van der Waals surface area contributed by atoms with Crippen LogP contribution in [0.4, 0.5) is 8.78 Å². The second-order valence-corrected chi connectivity index (χ2v) is 6.88. The van der Waals surface area contributed by atoms with Gasteiger partial charge in [0.25, 0.3) is 9.84 Å². The van der Waals surface area contributed by atoms with Crippen molar-refractivity contribution in [2.45, 2.75) is 17.1 Å². The topological polar surface area (TPSA) is 51.2 Å². The van der Waals surface area contributed by atoms with Crippen molar-refractivity contribution in [3.05, 3.63) is 71.8 Å². The molecule has 0 N–H and O–H groups in total. The van der Waals surface area contributed by atoms with Gasteiger partial charge in [-0.05, 0) is 36.3 Å². The highest BCUT2D eigenvalue weighted by atomic mass is 32.2. The molecule has 0 saturated carbocycles. The first kappa shape index (κ1) is 17.0. The third-order valence-corrected chi connectivity index (χ3v) is 5.05. The molecule has 0 fully saturated rings. The second kappa shape index (κ2) is 6.42. The normalized spacial score (nSPS) is 12.5. The number of carbonyl (C=O) groups is 1. The maximum atomic E-state index is 14.1. The Labute approximate surface area is 133 Å². The van der Waals surface area contributed by atoms with Crippen molar-refractivity contribution < 1.29 is 22.0 Å². The molecule has 0 aromatic heterocycles. The lowest BCUT2D eigenvalue weighted by Crippen LogP contribution is -2.36. The van der Waals surface area contributed by atoms with E-state index in [0.717, 1.165) is 17.7 Å². The van der Waals surface area contributed by atoms with Gasteiger partial charge in [-0.1, -0.05) is 48.5 Å². The van der Waals surface area contributed by atoms with E-state index in [4.69, 9.17) is 0 Å². The van der Waals surface area contributed by atoms with E-state index in [1.165, 1.54) is 24.3 Å². The molecule has 3 nitrogen and oxygen atoms in total. The molecule has 0 aliphatic heterocycles. The molecule has 0 aliphatic carbocycles. The zero-order chi connectivity index (χ0) is 17.1. The Balaban J connectivity index is 2.32. The second-order valence-electron chi connectivity index (χ2n) is 4.89. The number of hydrogen-bond donors (Lipinski definition) is 0. The van der Waals surface area contributed by atoms with Gasteiger partial charge in [-0.25, -0.2) is 8.42 Å². The number of benzene rings is 2. The predicted octanol–water partition coefficient (Wildman–Crippen LogP) is 3.64. The summed E-state index contributed by atoms with van der Waals surface area (Å²) in [5, 5.41) is -4.52. The van der Waals surface area contributed by atoms with Crippen molar-refractivity contribution >= 4 is 21.7 Å². The van der Waals surface area contributed by atoms with E-state index in [1.807, 2.05) is 0 Å². The zero-order valence-corrected chi connectivity index (χ0v) is 13.1. The molecule has 2 rings (SSSR count). The van der Waals surface area contributed by atoms with Crippen LogP contribution in [-0.4, -0.2) is 19.5 Å². The van der Waals surface area contributed by atoms with Crippen molar-refractivity contribution in [3.63, 3.8) is 0 Å². The van der Waals surface area contributed by atoms with E-state index in [-0.39, 0.29) is 0 Å². The van der Waals surface area contributed by atoms with E-state index >= 15 is 0 Å². The number of allylic oxidation sites excluding steroid dienone is 1. The SMILES string of the molecule is Cc1ccccc1/C=C/C(=O)C(F)(F)S(=O)(=O)c1ccccc1. The molecular formula is C17H14F2O3S. The fourth-order valence-corrected chi connectivity index (χ4v) is 3.06. The lowest BCUT2D eigenvalue weighted by molar-refractivity contribution is -0.128. The van der Waals surface area contributed by atoms with Crippen molar-refractivity contribution in [2.75, 3.05) is 0 Å². The quantitative estimate of drug-likeness (QED) is 0.783. The van der Waals surface area contributed by atoms with Gasteiger partial charge in [0.1, 0.15) is 0 Å². The summed E-state index contributed by atoms with van der Waals surface area (Å²) in [5.41, 5.74) is 1.35. The van der Waals surface area contributed by atoms with E-state index in [2.05, 4.69) is 0 Å². The van der Waals surface area contributed by atoms with Crippen LogP contribution < -0.4 is 0 Å². The van der Waals surface area contributed by atoms with Crippen molar-refractivity contribution in [3.8, 4) is 0 Å². The molecule has 120 valence electrons. The predicted molar refractivity (Wildman–Crippen MR) is 83.8 cm³/mol. The van der Waals surface area contributed by atoms with Crippen molar-refractivity contribution in [2.24, 2.45) is 0 Å². The number of ketones is 1. The summed E-state index contributed by atoms with van der Waals surface area (Å²) in [6.07, 6.45) is 1.79. The first-order chi connectivity index (χ1) is 10.8. The average Bonchev–Trinajstić information content (AvgIpc) is 2.54. The molecule has 2 aromatic carbocycles. The third kappa shape index (κ3) is 3.37. The van der Waals surface area contributed by atoms with Crippen molar-refractivity contribution in [1.29, 1.82) is 0 Å². The maximum Gasteiger partial charge on any atom is 0.410 e. The van der Waals surface area contributed by atoms with Gasteiger partial charge in [-0.15, -0.1) is 0 Å². The van der Waals surface area contributed by atoms with E-state index in [0.29, 0.717) is 11.6 Å². The summed E-state index contributed by atoms with van der Waals surface area (Å²) >= 11 is 0. The molecular weight excluding hydrogens is 322 g/mol. The third-order valence-electron chi connectivity index (χ3n) is 3.28. The van der Waals surface area contributed by atoms with E-state index < -0.39 is 25.8 Å². The molecule has 0 unspecified atom stereocenters. The first-order valence-electron chi connectivity index (χ1n) is 6.72. The Morgan fingerprint density at radius 1 is 1.00 bits per heavy atom. The Morgan fingerprint density at radius 2 is 1.57 bits per heavy atom. The fourth-order valence-electron chi connectivity index (χ4n) is 1.92. The smallest absolute Gasteiger partial charge is 0.287 e. The van der Waals surface area contributed by atoms with Crippen LogP contribution in [-0.2, 0) is 14.6 Å². The molecule has 0 aliphatic rings. The van der Waals surface area contributed by atoms with Crippen LogP contribution in [0.25, 0.3) is 6.08 Å². The minimum atomic E-state index is -5.09. The lowest BCUT2D eigenvalue weighted by atomic mass is 10.1. The summed E-state index contributed by atoms with van der Waals surface area (Å²) in [5.74, 6) is -1.77. The fraction of sp³-hybridized carbons (Fsp3) is 0.118. The maximum absolute atomic E-state index is 14.1. The highest BCUT2D eigenvalue weighted by Crippen LogP contribution is 2.30. The van der Waals surface area contributed by atoms with Gasteiger partial charge in [0.2, 0.25) is 5.78 Å². The monoisotopic (exact) mass is 336 g/mol. The van der Waals surface area contributed by atoms with Crippen LogP contribution in [0.5, 0.6) is 0 Å². The highest BCUT2D eigenvalue weighted by Gasteiger charge is 2.51. The van der Waals surface area contributed by atoms with Gasteiger partial charge in [0, 0.05) is 0 Å². The van der Waals surface area contributed by atoms with Crippen LogP contribution in [0.3, 0.4) is 0 Å². The standard InChI is InChI=1S/C17H14F2O3S/c1-13-7-5-6-8-14(13)11-12-16(20)17(18,19)23(21,22)15-9-3-2-4-10-15/h2-12H,1H3/b12-11+. The van der Waals surface area contributed by atoms with Crippen LogP contribution in [0.2, 0.25) is 0 Å². The van der Waals surface area contributed by atoms with Crippen LogP contribution in [0, 0.1) is 6.92 Å². The number of alkyl halides is 2. The molecule has 0 atom stereocenters. The Kier molecular flexibility index (Phi) is 4.75. The van der Waals surface area contributed by atoms with Crippen LogP contribution in [0.15, 0.2) is 65.6 Å². The number of sulfone groups is 1. The molecule has 23 heavy (non-hydrogen) atoms. The average molecular weight is 336 g/mol. The number of hydrogen-bond acceptors (Lipinski definition) is 3. The summed E-state index contributed by atoms with van der Waals surface area (Å²) in [7, 11) is -5.09. The highest BCUT2D eigenvalue weighted by molar-refractivity contribution is 7.93. The number of halogens is 2. The summed E-state index contributed by atoms with van der Waals surface area (Å²) in [4.78, 5) is 11.2. The molecule has 0 radical (unpaired) electrons. The summed E-state index contributed by atoms with van der Waals surface area (Å²) < 4.78 is 52.1. The number of aryl methyl sites for hydroxylation is 1. The van der Waals surface area contributed by atoms with Crippen LogP contribution >= 0.6 is 0 Å². The first-order valence-corrected chi connectivity index (χ1v) is 8.21. The van der Waals surface area contributed by atoms with Gasteiger partial charge in [0.15, 0.2) is 0 Å². The Morgan fingerprint density at radius 3 is 2.17 bits per heavy atom. The molecule has 0 spiro atoms. The van der Waals surface area contributed by atoms with E-state index in [1.54, 1.807) is 31.2 Å². The van der Waals surface area contributed by atoms with Gasteiger partial charge >= 0.3 is 5.25 Å². The van der Waals surface area contributed by atoms with E-state index in [9.17, 15) is 22.0 Å². The van der Waals surface area contributed by atoms with Gasteiger partial charge in [-0.2, -0.15) is 8.78 Å². The number of carbonyl (C=O) groups excluding carboxylic acids is 1. The summed E-state index contributed by atoms with van der Waals surface area (Å²) in [6.45, 7) is 1.75. The minimum Gasteiger partial charge on any atom is -0.287 e. The zero-order valence-electron chi connectivity index (χ0n) is 12.2. The van der Waals surface area contributed by atoms with Gasteiger partial charge < -0.3 is 0 Å². The molecule has 0 heterocycles. The molecule has 0 bridgehead atoms. The van der Waals surface area contributed by atoms with Gasteiger partial charge in [0.05, 0.1) is 4.90 Å². The Bertz CT molecular complexity index is 841. The van der Waals surface area contributed by atoms with Gasteiger partial charge in [-0.3, -0.25) is 4.79 Å². The molecule has 0 amide bonds.